The van der Waals surface area contributed by atoms with E-state index in [9.17, 15) is 0 Å². The Morgan fingerprint density at radius 3 is 2.31 bits per heavy atom. The first-order chi connectivity index (χ1) is 5.82. The predicted octanol–water partition coefficient (Wildman–Crippen LogP) is 3.86. The summed E-state index contributed by atoms with van der Waals surface area (Å²) in [5.41, 5.74) is 6.29. The molecule has 1 aromatic rings. The monoisotopic (exact) mass is 261 g/mol. The standard InChI is InChI=1S/C10H16BrNS/c1-6-5-7(11)8(13-6)9(12)10(2,3)4/h5,9H,12H2,1-4H3. The zero-order chi connectivity index (χ0) is 10.2. The van der Waals surface area contributed by atoms with Crippen LogP contribution in [0.5, 0.6) is 0 Å². The van der Waals surface area contributed by atoms with Gasteiger partial charge in [-0.05, 0) is 34.3 Å². The van der Waals surface area contributed by atoms with Crippen LogP contribution in [0.25, 0.3) is 0 Å². The first-order valence-corrected chi connectivity index (χ1v) is 5.94. The van der Waals surface area contributed by atoms with Crippen LogP contribution in [0, 0.1) is 12.3 Å². The van der Waals surface area contributed by atoms with E-state index < -0.39 is 0 Å². The molecular formula is C10H16BrNS. The molecule has 13 heavy (non-hydrogen) atoms. The number of nitrogens with two attached hydrogens (primary N) is 1. The second-order valence-electron chi connectivity index (χ2n) is 4.41. The third kappa shape index (κ3) is 2.55. The number of rotatable bonds is 1. The Balaban J connectivity index is 3.01. The molecule has 1 unspecified atom stereocenters. The number of aryl methyl sites for hydroxylation is 1. The molecule has 0 radical (unpaired) electrons. The number of halogens is 1. The van der Waals surface area contributed by atoms with Gasteiger partial charge in [-0.1, -0.05) is 20.8 Å². The highest BCUT2D eigenvalue weighted by Gasteiger charge is 2.25. The van der Waals surface area contributed by atoms with Crippen LogP contribution >= 0.6 is 27.3 Å². The van der Waals surface area contributed by atoms with Crippen molar-refractivity contribution in [2.24, 2.45) is 11.1 Å². The van der Waals surface area contributed by atoms with Crippen molar-refractivity contribution in [3.8, 4) is 0 Å². The highest BCUT2D eigenvalue weighted by atomic mass is 79.9. The molecule has 1 atom stereocenters. The maximum Gasteiger partial charge on any atom is 0.0450 e. The van der Waals surface area contributed by atoms with E-state index in [-0.39, 0.29) is 11.5 Å². The van der Waals surface area contributed by atoms with E-state index in [0.29, 0.717) is 0 Å². The molecule has 2 N–H and O–H groups in total. The number of thiophene rings is 1. The van der Waals surface area contributed by atoms with Gasteiger partial charge in [-0.3, -0.25) is 0 Å². The van der Waals surface area contributed by atoms with Crippen LogP contribution in [0.3, 0.4) is 0 Å². The number of hydrogen-bond acceptors (Lipinski definition) is 2. The van der Waals surface area contributed by atoms with Gasteiger partial charge in [0.25, 0.3) is 0 Å². The molecule has 0 aromatic carbocycles. The Bertz CT molecular complexity index is 298. The fourth-order valence-electron chi connectivity index (χ4n) is 1.11. The Labute approximate surface area is 92.5 Å². The van der Waals surface area contributed by atoms with Crippen LogP contribution in [-0.4, -0.2) is 0 Å². The molecule has 0 fully saturated rings. The molecule has 0 aliphatic heterocycles. The van der Waals surface area contributed by atoms with Gasteiger partial charge in [0.1, 0.15) is 0 Å². The van der Waals surface area contributed by atoms with Crippen molar-refractivity contribution in [1.29, 1.82) is 0 Å². The summed E-state index contributed by atoms with van der Waals surface area (Å²) in [7, 11) is 0. The largest absolute Gasteiger partial charge is 0.323 e. The molecule has 1 aromatic heterocycles. The smallest absolute Gasteiger partial charge is 0.0450 e. The summed E-state index contributed by atoms with van der Waals surface area (Å²) in [6.45, 7) is 8.60. The molecule has 0 spiro atoms. The predicted molar refractivity (Wildman–Crippen MR) is 63.1 cm³/mol. The van der Waals surface area contributed by atoms with Crippen molar-refractivity contribution in [3.05, 3.63) is 20.3 Å². The van der Waals surface area contributed by atoms with Gasteiger partial charge in [0.05, 0.1) is 0 Å². The lowest BCUT2D eigenvalue weighted by atomic mass is 9.86. The molecular weight excluding hydrogens is 246 g/mol. The van der Waals surface area contributed by atoms with E-state index in [0.717, 1.165) is 4.47 Å². The van der Waals surface area contributed by atoms with Crippen LogP contribution < -0.4 is 5.73 Å². The average molecular weight is 262 g/mol. The maximum atomic E-state index is 6.17. The van der Waals surface area contributed by atoms with Gasteiger partial charge in [-0.25, -0.2) is 0 Å². The SMILES string of the molecule is Cc1cc(Br)c(C(N)C(C)(C)C)s1. The summed E-state index contributed by atoms with van der Waals surface area (Å²) in [4.78, 5) is 2.56. The highest BCUT2D eigenvalue weighted by Crippen LogP contribution is 2.39. The second kappa shape index (κ2) is 3.71. The van der Waals surface area contributed by atoms with Crippen LogP contribution in [0.1, 0.15) is 36.6 Å². The lowest BCUT2D eigenvalue weighted by molar-refractivity contribution is 0.330. The topological polar surface area (TPSA) is 26.0 Å². The molecule has 1 nitrogen and oxygen atoms in total. The van der Waals surface area contributed by atoms with Crippen molar-refractivity contribution in [2.45, 2.75) is 33.7 Å². The van der Waals surface area contributed by atoms with E-state index in [2.05, 4.69) is 49.7 Å². The first-order valence-electron chi connectivity index (χ1n) is 4.34. The molecule has 0 aliphatic rings. The normalized spacial score (nSPS) is 14.6. The molecule has 0 bridgehead atoms. The average Bonchev–Trinajstić information content (AvgIpc) is 2.26. The Morgan fingerprint density at radius 2 is 2.00 bits per heavy atom. The van der Waals surface area contributed by atoms with Gasteiger partial charge in [-0.2, -0.15) is 0 Å². The maximum absolute atomic E-state index is 6.17. The van der Waals surface area contributed by atoms with E-state index in [4.69, 9.17) is 5.73 Å². The molecule has 0 saturated carbocycles. The van der Waals surface area contributed by atoms with Crippen molar-refractivity contribution in [2.75, 3.05) is 0 Å². The Hall–Kier alpha value is 0.140. The molecule has 0 aliphatic carbocycles. The van der Waals surface area contributed by atoms with Crippen molar-refractivity contribution in [1.82, 2.24) is 0 Å². The van der Waals surface area contributed by atoms with Crippen LogP contribution in [-0.2, 0) is 0 Å². The molecule has 0 saturated heterocycles. The van der Waals surface area contributed by atoms with Gasteiger partial charge in [0, 0.05) is 20.3 Å². The van der Waals surface area contributed by atoms with E-state index >= 15 is 0 Å². The van der Waals surface area contributed by atoms with Crippen LogP contribution in [0.4, 0.5) is 0 Å². The van der Waals surface area contributed by atoms with E-state index in [1.165, 1.54) is 9.75 Å². The van der Waals surface area contributed by atoms with E-state index in [1.54, 1.807) is 11.3 Å². The summed E-state index contributed by atoms with van der Waals surface area (Å²) in [6.07, 6.45) is 0. The molecule has 1 heterocycles. The third-order valence-electron chi connectivity index (χ3n) is 2.05. The molecule has 74 valence electrons. The summed E-state index contributed by atoms with van der Waals surface area (Å²) in [5.74, 6) is 0. The molecule has 1 rings (SSSR count). The van der Waals surface area contributed by atoms with Gasteiger partial charge < -0.3 is 5.73 Å². The molecule has 0 amide bonds. The quantitative estimate of drug-likeness (QED) is 0.817. The summed E-state index contributed by atoms with van der Waals surface area (Å²) in [6, 6.07) is 2.24. The zero-order valence-corrected chi connectivity index (χ0v) is 10.9. The fourth-order valence-corrected chi connectivity index (χ4v) is 3.25. The van der Waals surface area contributed by atoms with Gasteiger partial charge in [0.2, 0.25) is 0 Å². The minimum absolute atomic E-state index is 0.112. The summed E-state index contributed by atoms with van der Waals surface area (Å²) in [5, 5.41) is 0. The van der Waals surface area contributed by atoms with Gasteiger partial charge in [0.15, 0.2) is 0 Å². The Kier molecular flexibility index (Phi) is 3.20. The lowest BCUT2D eigenvalue weighted by Crippen LogP contribution is -2.25. The third-order valence-corrected chi connectivity index (χ3v) is 4.10. The lowest BCUT2D eigenvalue weighted by Gasteiger charge is -2.26. The number of hydrogen-bond donors (Lipinski definition) is 1. The summed E-state index contributed by atoms with van der Waals surface area (Å²) < 4.78 is 1.15. The van der Waals surface area contributed by atoms with Crippen molar-refractivity contribution < 1.29 is 0 Å². The van der Waals surface area contributed by atoms with Gasteiger partial charge >= 0.3 is 0 Å². The summed E-state index contributed by atoms with van der Waals surface area (Å²) >= 11 is 5.32. The molecule has 3 heteroatoms. The highest BCUT2D eigenvalue weighted by molar-refractivity contribution is 9.10. The minimum Gasteiger partial charge on any atom is -0.323 e. The van der Waals surface area contributed by atoms with Crippen LogP contribution in [0.2, 0.25) is 0 Å². The van der Waals surface area contributed by atoms with Crippen LogP contribution in [0.15, 0.2) is 10.5 Å². The first kappa shape index (κ1) is 11.2. The van der Waals surface area contributed by atoms with Crippen molar-refractivity contribution >= 4 is 27.3 Å². The second-order valence-corrected chi connectivity index (χ2v) is 6.56. The zero-order valence-electron chi connectivity index (χ0n) is 8.52. The minimum atomic E-state index is 0.112. The Morgan fingerprint density at radius 1 is 1.46 bits per heavy atom. The van der Waals surface area contributed by atoms with E-state index in [1.807, 2.05) is 0 Å². The fraction of sp³-hybridized carbons (Fsp3) is 0.600. The van der Waals surface area contributed by atoms with Gasteiger partial charge in [-0.15, -0.1) is 11.3 Å². The van der Waals surface area contributed by atoms with Crippen molar-refractivity contribution in [3.63, 3.8) is 0 Å².